The molecule has 0 heterocycles. The molecule has 0 aliphatic heterocycles. The third-order valence-corrected chi connectivity index (χ3v) is 2.56. The largest absolute Gasteiger partial charge is 0.497 e. The third-order valence-electron chi connectivity index (χ3n) is 1.97. The van der Waals surface area contributed by atoms with Gasteiger partial charge in [-0.3, -0.25) is 9.52 Å². The number of carbonyl (C=O) groups excluding carboxylic acids is 1. The topological polar surface area (TPSA) is 84.5 Å². The Morgan fingerprint density at radius 1 is 1.39 bits per heavy atom. The number of benzene rings is 1. The van der Waals surface area contributed by atoms with Crippen LogP contribution in [0.25, 0.3) is 0 Å². The first kappa shape index (κ1) is 14.0. The summed E-state index contributed by atoms with van der Waals surface area (Å²) in [5.41, 5.74) is 0.554. The van der Waals surface area contributed by atoms with Gasteiger partial charge in [-0.2, -0.15) is 0 Å². The predicted octanol–water partition coefficient (Wildman–Crippen LogP) is 1.19. The molecule has 1 aromatic rings. The predicted molar refractivity (Wildman–Crippen MR) is 70.3 cm³/mol. The molecule has 1 rings (SSSR count). The summed E-state index contributed by atoms with van der Waals surface area (Å²) < 4.78 is 29.7. The van der Waals surface area contributed by atoms with Crippen LogP contribution in [0.4, 0.5) is 11.4 Å². The van der Waals surface area contributed by atoms with Crippen LogP contribution in [-0.4, -0.2) is 27.7 Å². The number of ether oxygens (including phenoxy) is 1. The van der Waals surface area contributed by atoms with Gasteiger partial charge in [0.05, 0.1) is 24.7 Å². The molecule has 1 aromatic carbocycles. The molecule has 0 spiro atoms. The standard InChI is InChI=1S/C11H14N2O4S/c1-4-11(14)12-10-7-8(17-2)5-6-9(10)13-18(3,15)16/h4-7,13H,1H2,2-3H3,(H,12,14). The van der Waals surface area contributed by atoms with Crippen LogP contribution in [0.15, 0.2) is 30.9 Å². The monoisotopic (exact) mass is 270 g/mol. The molecule has 0 aliphatic rings. The lowest BCUT2D eigenvalue weighted by atomic mass is 10.2. The summed E-state index contributed by atoms with van der Waals surface area (Å²) in [6.07, 6.45) is 2.11. The van der Waals surface area contributed by atoms with E-state index in [1.807, 2.05) is 0 Å². The van der Waals surface area contributed by atoms with Crippen molar-refractivity contribution in [2.75, 3.05) is 23.4 Å². The van der Waals surface area contributed by atoms with Gasteiger partial charge in [-0.25, -0.2) is 8.42 Å². The van der Waals surface area contributed by atoms with Crippen LogP contribution in [0, 0.1) is 0 Å². The van der Waals surface area contributed by atoms with Crippen LogP contribution in [0.3, 0.4) is 0 Å². The van der Waals surface area contributed by atoms with Gasteiger partial charge < -0.3 is 10.1 Å². The number of carbonyl (C=O) groups is 1. The van der Waals surface area contributed by atoms with E-state index in [9.17, 15) is 13.2 Å². The Hall–Kier alpha value is -2.02. The van der Waals surface area contributed by atoms with Crippen molar-refractivity contribution < 1.29 is 17.9 Å². The molecule has 0 radical (unpaired) electrons. The number of methoxy groups -OCH3 is 1. The minimum absolute atomic E-state index is 0.258. The molecule has 0 saturated carbocycles. The van der Waals surface area contributed by atoms with Gasteiger partial charge in [0.2, 0.25) is 15.9 Å². The van der Waals surface area contributed by atoms with E-state index in [0.29, 0.717) is 11.4 Å². The minimum atomic E-state index is -3.43. The molecule has 0 aliphatic carbocycles. The lowest BCUT2D eigenvalue weighted by Crippen LogP contribution is -2.14. The molecule has 0 saturated heterocycles. The van der Waals surface area contributed by atoms with Crippen LogP contribution >= 0.6 is 0 Å². The summed E-state index contributed by atoms with van der Waals surface area (Å²) in [5.74, 6) is 0.0493. The number of nitrogens with one attached hydrogen (secondary N) is 2. The second-order valence-corrected chi connectivity index (χ2v) is 5.23. The van der Waals surface area contributed by atoms with E-state index in [1.54, 1.807) is 6.07 Å². The SMILES string of the molecule is C=CC(=O)Nc1cc(OC)ccc1NS(C)(=O)=O. The Morgan fingerprint density at radius 2 is 2.06 bits per heavy atom. The van der Waals surface area contributed by atoms with Crippen molar-refractivity contribution in [2.45, 2.75) is 0 Å². The second-order valence-electron chi connectivity index (χ2n) is 3.48. The molecule has 0 atom stereocenters. The average Bonchev–Trinajstić information content (AvgIpc) is 2.29. The fourth-order valence-corrected chi connectivity index (χ4v) is 1.80. The van der Waals surface area contributed by atoms with E-state index >= 15 is 0 Å². The van der Waals surface area contributed by atoms with Gasteiger partial charge in [-0.05, 0) is 18.2 Å². The maximum atomic E-state index is 11.3. The molecular formula is C11H14N2O4S. The highest BCUT2D eigenvalue weighted by Crippen LogP contribution is 2.27. The molecule has 1 amide bonds. The summed E-state index contributed by atoms with van der Waals surface area (Å²) in [6, 6.07) is 4.59. The van der Waals surface area contributed by atoms with E-state index in [-0.39, 0.29) is 5.69 Å². The van der Waals surface area contributed by atoms with E-state index in [0.717, 1.165) is 12.3 Å². The van der Waals surface area contributed by atoms with Crippen LogP contribution in [0.5, 0.6) is 5.75 Å². The summed E-state index contributed by atoms with van der Waals surface area (Å²) in [7, 11) is -1.96. The Balaban J connectivity index is 3.15. The van der Waals surface area contributed by atoms with Gasteiger partial charge in [-0.15, -0.1) is 0 Å². The highest BCUT2D eigenvalue weighted by atomic mass is 32.2. The van der Waals surface area contributed by atoms with Crippen molar-refractivity contribution in [3.8, 4) is 5.75 Å². The fourth-order valence-electron chi connectivity index (χ4n) is 1.23. The van der Waals surface area contributed by atoms with Gasteiger partial charge in [0.15, 0.2) is 0 Å². The Labute approximate surface area is 106 Å². The second kappa shape index (κ2) is 5.54. The lowest BCUT2D eigenvalue weighted by molar-refractivity contribution is -0.111. The molecule has 0 bridgehead atoms. The molecular weight excluding hydrogens is 256 g/mol. The molecule has 2 N–H and O–H groups in total. The first-order chi connectivity index (χ1) is 8.35. The molecule has 98 valence electrons. The molecule has 18 heavy (non-hydrogen) atoms. The number of hydrogen-bond donors (Lipinski definition) is 2. The maximum absolute atomic E-state index is 11.3. The van der Waals surface area contributed by atoms with Gasteiger partial charge in [0.1, 0.15) is 5.75 Å². The Morgan fingerprint density at radius 3 is 2.56 bits per heavy atom. The number of rotatable bonds is 5. The van der Waals surface area contributed by atoms with Crippen LogP contribution in [0.1, 0.15) is 0 Å². The maximum Gasteiger partial charge on any atom is 0.247 e. The van der Waals surface area contributed by atoms with Gasteiger partial charge in [0, 0.05) is 6.07 Å². The van der Waals surface area contributed by atoms with Gasteiger partial charge in [-0.1, -0.05) is 6.58 Å². The quantitative estimate of drug-likeness (QED) is 0.787. The molecule has 0 aromatic heterocycles. The Bertz CT molecular complexity index is 566. The average molecular weight is 270 g/mol. The minimum Gasteiger partial charge on any atom is -0.497 e. The fraction of sp³-hybridized carbons (Fsp3) is 0.182. The number of anilines is 2. The van der Waals surface area contributed by atoms with E-state index in [4.69, 9.17) is 4.74 Å². The van der Waals surface area contributed by atoms with Crippen molar-refractivity contribution in [1.82, 2.24) is 0 Å². The first-order valence-corrected chi connectivity index (χ1v) is 6.84. The van der Waals surface area contributed by atoms with Crippen LogP contribution in [0.2, 0.25) is 0 Å². The number of hydrogen-bond acceptors (Lipinski definition) is 4. The lowest BCUT2D eigenvalue weighted by Gasteiger charge is -2.12. The van der Waals surface area contributed by atoms with E-state index in [1.165, 1.54) is 19.2 Å². The van der Waals surface area contributed by atoms with Crippen molar-refractivity contribution in [1.29, 1.82) is 0 Å². The van der Waals surface area contributed by atoms with Crippen LogP contribution < -0.4 is 14.8 Å². The van der Waals surface area contributed by atoms with E-state index in [2.05, 4.69) is 16.6 Å². The zero-order valence-corrected chi connectivity index (χ0v) is 10.9. The van der Waals surface area contributed by atoms with Crippen molar-refractivity contribution in [3.05, 3.63) is 30.9 Å². The summed E-state index contributed by atoms with van der Waals surface area (Å²) in [5, 5.41) is 2.49. The Kier molecular flexibility index (Phi) is 4.33. The van der Waals surface area contributed by atoms with Crippen molar-refractivity contribution >= 4 is 27.3 Å². The highest BCUT2D eigenvalue weighted by Gasteiger charge is 2.10. The zero-order chi connectivity index (χ0) is 13.8. The third kappa shape index (κ3) is 4.10. The van der Waals surface area contributed by atoms with Gasteiger partial charge >= 0.3 is 0 Å². The zero-order valence-electron chi connectivity index (χ0n) is 10.1. The molecule has 0 unspecified atom stereocenters. The summed E-state index contributed by atoms with van der Waals surface area (Å²) in [6.45, 7) is 3.32. The number of amides is 1. The van der Waals surface area contributed by atoms with Crippen LogP contribution in [-0.2, 0) is 14.8 Å². The molecule has 6 nitrogen and oxygen atoms in total. The van der Waals surface area contributed by atoms with E-state index < -0.39 is 15.9 Å². The number of sulfonamides is 1. The first-order valence-electron chi connectivity index (χ1n) is 4.95. The highest BCUT2D eigenvalue weighted by molar-refractivity contribution is 7.92. The smallest absolute Gasteiger partial charge is 0.247 e. The van der Waals surface area contributed by atoms with Crippen molar-refractivity contribution in [3.63, 3.8) is 0 Å². The van der Waals surface area contributed by atoms with Crippen molar-refractivity contribution in [2.24, 2.45) is 0 Å². The summed E-state index contributed by atoms with van der Waals surface area (Å²) in [4.78, 5) is 11.3. The summed E-state index contributed by atoms with van der Waals surface area (Å²) >= 11 is 0. The van der Waals surface area contributed by atoms with Gasteiger partial charge in [0.25, 0.3) is 0 Å². The molecule has 0 fully saturated rings. The molecule has 7 heteroatoms. The normalized spacial score (nSPS) is 10.6.